The highest BCUT2D eigenvalue weighted by molar-refractivity contribution is 7.09. The van der Waals surface area contributed by atoms with Crippen LogP contribution in [0.1, 0.15) is 30.4 Å². The van der Waals surface area contributed by atoms with E-state index in [4.69, 9.17) is 0 Å². The van der Waals surface area contributed by atoms with E-state index in [-0.39, 0.29) is 6.10 Å². The first-order valence-electron chi connectivity index (χ1n) is 5.66. The summed E-state index contributed by atoms with van der Waals surface area (Å²) in [6.45, 7) is 2.33. The highest BCUT2D eigenvalue weighted by Crippen LogP contribution is 2.37. The Morgan fingerprint density at radius 3 is 2.80 bits per heavy atom. The van der Waals surface area contributed by atoms with Crippen LogP contribution in [0.3, 0.4) is 0 Å². The molecule has 0 aromatic carbocycles. The summed E-state index contributed by atoms with van der Waals surface area (Å²) in [7, 11) is 0. The summed E-state index contributed by atoms with van der Waals surface area (Å²) >= 11 is 1.56. The molecule has 1 aromatic heterocycles. The van der Waals surface area contributed by atoms with Gasteiger partial charge in [-0.15, -0.1) is 11.3 Å². The number of fused-ring (bicyclic) bond motifs is 3. The fourth-order valence-corrected chi connectivity index (χ4v) is 3.56. The summed E-state index contributed by atoms with van der Waals surface area (Å²) in [6, 6.07) is 0.323. The van der Waals surface area contributed by atoms with Crippen molar-refractivity contribution in [1.29, 1.82) is 0 Å². The molecule has 4 rings (SSSR count). The largest absolute Gasteiger partial charge is 0.384 e. The molecule has 1 N–H and O–H groups in total. The second kappa shape index (κ2) is 3.85. The lowest BCUT2D eigenvalue weighted by Gasteiger charge is -2.46. The number of rotatable bonds is 2. The average Bonchev–Trinajstić information content (AvgIpc) is 2.83. The molecule has 2 atom stereocenters. The van der Waals surface area contributed by atoms with E-state index in [1.807, 2.05) is 5.38 Å². The van der Waals surface area contributed by atoms with Gasteiger partial charge in [0.2, 0.25) is 0 Å². The number of nitrogens with zero attached hydrogens (tertiary/aromatic N) is 2. The van der Waals surface area contributed by atoms with E-state index < -0.39 is 0 Å². The van der Waals surface area contributed by atoms with Crippen LogP contribution >= 0.6 is 11.3 Å². The molecular formula is C11H16N2OS. The van der Waals surface area contributed by atoms with Gasteiger partial charge in [-0.2, -0.15) is 0 Å². The van der Waals surface area contributed by atoms with Gasteiger partial charge in [-0.1, -0.05) is 0 Å². The topological polar surface area (TPSA) is 36.4 Å². The van der Waals surface area contributed by atoms with Crippen LogP contribution in [0.2, 0.25) is 0 Å². The predicted molar refractivity (Wildman–Crippen MR) is 59.8 cm³/mol. The predicted octanol–water partition coefficient (Wildman–Crippen LogP) is 1.66. The van der Waals surface area contributed by atoms with Crippen molar-refractivity contribution in [3.63, 3.8) is 0 Å². The van der Waals surface area contributed by atoms with Crippen LogP contribution in [-0.4, -0.2) is 34.1 Å². The van der Waals surface area contributed by atoms with Gasteiger partial charge >= 0.3 is 0 Å². The van der Waals surface area contributed by atoms with Gasteiger partial charge in [0.25, 0.3) is 0 Å². The Bertz CT molecular complexity index is 319. The highest BCUT2D eigenvalue weighted by atomic mass is 32.1. The number of hydrogen-bond donors (Lipinski definition) is 1. The maximum absolute atomic E-state index is 10.3. The molecule has 0 aliphatic carbocycles. The van der Waals surface area contributed by atoms with Gasteiger partial charge in [0.1, 0.15) is 11.1 Å². The van der Waals surface area contributed by atoms with E-state index in [9.17, 15) is 5.11 Å². The monoisotopic (exact) mass is 224 g/mol. The molecular weight excluding hydrogens is 208 g/mol. The van der Waals surface area contributed by atoms with Crippen molar-refractivity contribution < 1.29 is 5.11 Å². The van der Waals surface area contributed by atoms with Crippen LogP contribution in [-0.2, 0) is 0 Å². The SMILES string of the molecule is O[C@H](c1nccs1)[C@@H]1CC2CCN1CC2. The molecule has 0 spiro atoms. The van der Waals surface area contributed by atoms with Crippen molar-refractivity contribution in [1.82, 2.24) is 9.88 Å². The number of aromatic nitrogens is 1. The van der Waals surface area contributed by atoms with Gasteiger partial charge in [0, 0.05) is 17.6 Å². The van der Waals surface area contributed by atoms with Crippen LogP contribution in [0.25, 0.3) is 0 Å². The molecule has 2 bridgehead atoms. The number of aliphatic hydroxyl groups excluding tert-OH is 1. The fraction of sp³-hybridized carbons (Fsp3) is 0.727. The third-order valence-corrected chi connectivity index (χ3v) is 4.61. The Balaban J connectivity index is 1.77. The van der Waals surface area contributed by atoms with Crippen molar-refractivity contribution in [3.05, 3.63) is 16.6 Å². The molecule has 3 aliphatic heterocycles. The molecule has 1 aromatic rings. The van der Waals surface area contributed by atoms with E-state index in [1.54, 1.807) is 17.5 Å². The summed E-state index contributed by atoms with van der Waals surface area (Å²) in [6.07, 6.45) is 5.20. The van der Waals surface area contributed by atoms with E-state index in [1.165, 1.54) is 12.8 Å². The number of hydrogen-bond acceptors (Lipinski definition) is 4. The molecule has 82 valence electrons. The van der Waals surface area contributed by atoms with E-state index in [0.29, 0.717) is 6.04 Å². The van der Waals surface area contributed by atoms with Gasteiger partial charge in [-0.3, -0.25) is 4.90 Å². The van der Waals surface area contributed by atoms with E-state index in [0.717, 1.165) is 30.4 Å². The Morgan fingerprint density at radius 2 is 2.27 bits per heavy atom. The number of thiazole rings is 1. The summed E-state index contributed by atoms with van der Waals surface area (Å²) < 4.78 is 0. The molecule has 3 fully saturated rings. The van der Waals surface area contributed by atoms with E-state index in [2.05, 4.69) is 9.88 Å². The third kappa shape index (κ3) is 1.71. The molecule has 3 saturated heterocycles. The number of aliphatic hydroxyl groups is 1. The summed E-state index contributed by atoms with van der Waals surface area (Å²) in [5.74, 6) is 0.842. The van der Waals surface area contributed by atoms with Gasteiger partial charge in [0.15, 0.2) is 0 Å². The first-order valence-corrected chi connectivity index (χ1v) is 6.54. The zero-order chi connectivity index (χ0) is 10.3. The minimum atomic E-state index is -0.368. The first-order chi connectivity index (χ1) is 7.34. The molecule has 0 radical (unpaired) electrons. The Labute approximate surface area is 93.8 Å². The van der Waals surface area contributed by atoms with Crippen LogP contribution in [0.4, 0.5) is 0 Å². The van der Waals surface area contributed by atoms with Crippen LogP contribution in [0, 0.1) is 5.92 Å². The van der Waals surface area contributed by atoms with Gasteiger partial charge < -0.3 is 5.11 Å². The minimum absolute atomic E-state index is 0.323. The van der Waals surface area contributed by atoms with Gasteiger partial charge in [-0.05, 0) is 38.3 Å². The van der Waals surface area contributed by atoms with E-state index >= 15 is 0 Å². The van der Waals surface area contributed by atoms with Gasteiger partial charge in [-0.25, -0.2) is 4.98 Å². The van der Waals surface area contributed by atoms with Crippen molar-refractivity contribution in [3.8, 4) is 0 Å². The lowest BCUT2D eigenvalue weighted by molar-refractivity contribution is -0.0269. The Hall–Kier alpha value is -0.450. The molecule has 3 nitrogen and oxygen atoms in total. The van der Waals surface area contributed by atoms with Crippen LogP contribution in [0.5, 0.6) is 0 Å². The molecule has 15 heavy (non-hydrogen) atoms. The van der Waals surface area contributed by atoms with Crippen LogP contribution < -0.4 is 0 Å². The van der Waals surface area contributed by atoms with Crippen LogP contribution in [0.15, 0.2) is 11.6 Å². The molecule has 4 heteroatoms. The molecule has 0 unspecified atom stereocenters. The second-order valence-corrected chi connectivity index (χ2v) is 5.52. The van der Waals surface area contributed by atoms with Crippen molar-refractivity contribution in [2.45, 2.75) is 31.4 Å². The van der Waals surface area contributed by atoms with Crippen molar-refractivity contribution >= 4 is 11.3 Å². The normalized spacial score (nSPS) is 36.7. The maximum atomic E-state index is 10.3. The fourth-order valence-electron chi connectivity index (χ4n) is 2.88. The zero-order valence-electron chi connectivity index (χ0n) is 8.67. The third-order valence-electron chi connectivity index (χ3n) is 3.76. The lowest BCUT2D eigenvalue weighted by atomic mass is 9.81. The zero-order valence-corrected chi connectivity index (χ0v) is 9.49. The summed E-state index contributed by atoms with van der Waals surface area (Å²) in [4.78, 5) is 6.65. The average molecular weight is 224 g/mol. The minimum Gasteiger partial charge on any atom is -0.384 e. The molecule has 3 aliphatic rings. The highest BCUT2D eigenvalue weighted by Gasteiger charge is 2.38. The molecule has 0 amide bonds. The van der Waals surface area contributed by atoms with Crippen molar-refractivity contribution in [2.75, 3.05) is 13.1 Å². The quantitative estimate of drug-likeness (QED) is 0.830. The number of piperidine rings is 3. The smallest absolute Gasteiger partial charge is 0.123 e. The summed E-state index contributed by atoms with van der Waals surface area (Å²) in [5, 5.41) is 13.1. The molecule has 0 saturated carbocycles. The van der Waals surface area contributed by atoms with Crippen molar-refractivity contribution in [2.24, 2.45) is 5.92 Å². The molecule has 4 heterocycles. The standard InChI is InChI=1S/C11H16N2OS/c14-10(11-12-3-6-15-11)9-7-8-1-4-13(9)5-2-8/h3,6,8-10,14H,1-2,4-5,7H2/t9-,10-/m0/s1. The lowest BCUT2D eigenvalue weighted by Crippen LogP contribution is -2.51. The maximum Gasteiger partial charge on any atom is 0.123 e. The first kappa shape index (κ1) is 9.75. The Morgan fingerprint density at radius 1 is 1.47 bits per heavy atom. The Kier molecular flexibility index (Phi) is 2.50. The van der Waals surface area contributed by atoms with Gasteiger partial charge in [0.05, 0.1) is 0 Å². The summed E-state index contributed by atoms with van der Waals surface area (Å²) in [5.41, 5.74) is 0. The second-order valence-electron chi connectivity index (χ2n) is 4.60.